The van der Waals surface area contributed by atoms with E-state index in [1.165, 1.54) is 0 Å². The molecule has 0 radical (unpaired) electrons. The smallest absolute Gasteiger partial charge is 0.407 e. The number of carbonyl (C=O) groups excluding carboxylic acids is 3. The number of pyridine rings is 1. The predicted octanol–water partition coefficient (Wildman–Crippen LogP) is 4.82. The Labute approximate surface area is 279 Å². The fourth-order valence-corrected chi connectivity index (χ4v) is 5.83. The number of nitrogens with one attached hydrogen (secondary N) is 4. The van der Waals surface area contributed by atoms with Crippen LogP contribution in [-0.2, 0) is 20.7 Å². The largest absolute Gasteiger partial charge is 0.444 e. The second-order valence-corrected chi connectivity index (χ2v) is 13.2. The number of alkyl carbamates (subject to hydrolysis) is 1. The van der Waals surface area contributed by atoms with Crippen molar-refractivity contribution in [3.8, 4) is 22.5 Å². The van der Waals surface area contributed by atoms with Crippen LogP contribution in [0.2, 0.25) is 0 Å². The van der Waals surface area contributed by atoms with Crippen molar-refractivity contribution in [3.05, 3.63) is 71.9 Å². The summed E-state index contributed by atoms with van der Waals surface area (Å²) >= 11 is 0. The van der Waals surface area contributed by atoms with Gasteiger partial charge in [-0.05, 0) is 112 Å². The third-order valence-electron chi connectivity index (χ3n) is 8.35. The molecule has 3 amide bonds. The first kappa shape index (κ1) is 34.0. The number of aromatic amines is 1. The average molecular weight is 654 g/mol. The van der Waals surface area contributed by atoms with Crippen LogP contribution in [0.3, 0.4) is 0 Å². The molecule has 0 saturated heterocycles. The summed E-state index contributed by atoms with van der Waals surface area (Å²) in [5.41, 5.74) is 10.3. The van der Waals surface area contributed by atoms with E-state index in [1.807, 2.05) is 58.0 Å². The molecule has 48 heavy (non-hydrogen) atoms. The average Bonchev–Trinajstić information content (AvgIpc) is 3.59. The molecule has 4 aromatic rings. The van der Waals surface area contributed by atoms with Crippen LogP contribution in [-0.4, -0.2) is 61.7 Å². The van der Waals surface area contributed by atoms with Gasteiger partial charge in [-0.1, -0.05) is 24.3 Å². The molecule has 5 rings (SSSR count). The van der Waals surface area contributed by atoms with Gasteiger partial charge in [-0.3, -0.25) is 9.59 Å². The van der Waals surface area contributed by atoms with Gasteiger partial charge in [-0.15, -0.1) is 10.2 Å². The van der Waals surface area contributed by atoms with E-state index in [1.54, 1.807) is 30.3 Å². The van der Waals surface area contributed by atoms with Gasteiger partial charge in [0.15, 0.2) is 0 Å². The number of anilines is 2. The lowest BCUT2D eigenvalue weighted by Crippen LogP contribution is -2.48. The summed E-state index contributed by atoms with van der Waals surface area (Å²) in [5.74, 6) is 0.467. The minimum atomic E-state index is -0.813. The summed E-state index contributed by atoms with van der Waals surface area (Å²) < 4.78 is 5.34. The zero-order chi connectivity index (χ0) is 34.3. The third-order valence-corrected chi connectivity index (χ3v) is 8.35. The minimum Gasteiger partial charge on any atom is -0.444 e. The highest BCUT2D eigenvalue weighted by Crippen LogP contribution is 2.29. The summed E-state index contributed by atoms with van der Waals surface area (Å²) in [6.07, 6.45) is 2.78. The number of rotatable bonds is 10. The van der Waals surface area contributed by atoms with Crippen LogP contribution in [0, 0.1) is 18.8 Å². The van der Waals surface area contributed by atoms with Gasteiger partial charge >= 0.3 is 6.09 Å². The minimum absolute atomic E-state index is 0.152. The van der Waals surface area contributed by atoms with E-state index in [4.69, 9.17) is 10.5 Å². The zero-order valence-corrected chi connectivity index (χ0v) is 27.7. The van der Waals surface area contributed by atoms with Crippen molar-refractivity contribution in [2.45, 2.75) is 71.4 Å². The number of aromatic nitrogens is 5. The molecule has 6 N–H and O–H groups in total. The molecule has 1 aliphatic carbocycles. The van der Waals surface area contributed by atoms with E-state index in [2.05, 4.69) is 41.6 Å². The highest BCUT2D eigenvalue weighted by molar-refractivity contribution is 5.97. The van der Waals surface area contributed by atoms with Gasteiger partial charge in [-0.25, -0.2) is 9.78 Å². The summed E-state index contributed by atoms with van der Waals surface area (Å²) in [4.78, 5) is 43.7. The summed E-state index contributed by atoms with van der Waals surface area (Å²) in [5, 5.41) is 22.8. The Morgan fingerprint density at radius 3 is 2.27 bits per heavy atom. The molecule has 2 aromatic heterocycles. The van der Waals surface area contributed by atoms with Crippen LogP contribution in [0.1, 0.15) is 57.7 Å². The van der Waals surface area contributed by atoms with Crippen molar-refractivity contribution in [2.75, 3.05) is 17.6 Å². The van der Waals surface area contributed by atoms with Gasteiger partial charge in [0.2, 0.25) is 17.6 Å². The Kier molecular flexibility index (Phi) is 10.7. The van der Waals surface area contributed by atoms with Crippen LogP contribution in [0.4, 0.5) is 16.3 Å². The number of nitrogens with zero attached hydrogens (tertiary/aromatic N) is 4. The van der Waals surface area contributed by atoms with Crippen LogP contribution in [0.15, 0.2) is 60.7 Å². The van der Waals surface area contributed by atoms with Crippen LogP contribution in [0.5, 0.6) is 0 Å². The molecule has 1 saturated carbocycles. The fourth-order valence-electron chi connectivity index (χ4n) is 5.83. The molecule has 2 aromatic carbocycles. The lowest BCUT2D eigenvalue weighted by molar-refractivity contribution is -0.130. The molecule has 1 unspecified atom stereocenters. The Balaban J connectivity index is 1.24. The Bertz CT molecular complexity index is 1690. The van der Waals surface area contributed by atoms with E-state index >= 15 is 0 Å². The van der Waals surface area contributed by atoms with Gasteiger partial charge in [0.05, 0.1) is 0 Å². The van der Waals surface area contributed by atoms with Crippen molar-refractivity contribution in [3.63, 3.8) is 0 Å². The van der Waals surface area contributed by atoms with E-state index in [-0.39, 0.29) is 23.7 Å². The first-order valence-corrected chi connectivity index (χ1v) is 16.2. The molecule has 2 heterocycles. The van der Waals surface area contributed by atoms with Crippen LogP contribution >= 0.6 is 0 Å². The molecular formula is C35H43N9O4. The van der Waals surface area contributed by atoms with Gasteiger partial charge < -0.3 is 26.4 Å². The molecule has 0 spiro atoms. The quantitative estimate of drug-likeness (QED) is 0.160. The Hall–Kier alpha value is -5.33. The summed E-state index contributed by atoms with van der Waals surface area (Å²) in [7, 11) is 0. The maximum Gasteiger partial charge on any atom is 0.407 e. The SMILES string of the molecule is Cc1nc(N)ccc1-c1ccc(CC(NC(=O)C2CCC(CNC(=O)OC(C)(C)C)CC2)C(=O)Nc2ccc(-c3nn[nH]n3)cc2)cc1. The highest BCUT2D eigenvalue weighted by Gasteiger charge is 2.30. The number of carbonyl (C=O) groups is 3. The third kappa shape index (κ3) is 9.36. The number of benzene rings is 2. The number of hydrogen-bond donors (Lipinski definition) is 5. The zero-order valence-electron chi connectivity index (χ0n) is 27.7. The van der Waals surface area contributed by atoms with Gasteiger partial charge in [0, 0.05) is 41.4 Å². The molecule has 1 aliphatic rings. The first-order valence-electron chi connectivity index (χ1n) is 16.2. The van der Waals surface area contributed by atoms with Crippen LogP contribution < -0.4 is 21.7 Å². The number of nitrogen functional groups attached to an aromatic ring is 1. The van der Waals surface area contributed by atoms with Gasteiger partial charge in [0.25, 0.3) is 0 Å². The maximum atomic E-state index is 13.7. The molecule has 13 heteroatoms. The number of amides is 3. The molecule has 0 aliphatic heterocycles. The van der Waals surface area contributed by atoms with Crippen molar-refractivity contribution in [1.29, 1.82) is 0 Å². The molecule has 0 bridgehead atoms. The number of tetrazole rings is 1. The van der Waals surface area contributed by atoms with Crippen molar-refractivity contribution >= 4 is 29.4 Å². The maximum absolute atomic E-state index is 13.7. The molecule has 1 atom stereocenters. The van der Waals surface area contributed by atoms with Crippen molar-refractivity contribution in [1.82, 2.24) is 36.2 Å². The first-order chi connectivity index (χ1) is 22.9. The topological polar surface area (TPSA) is 190 Å². The lowest BCUT2D eigenvalue weighted by atomic mass is 9.81. The number of aryl methyl sites for hydroxylation is 1. The summed E-state index contributed by atoms with van der Waals surface area (Å²) in [6.45, 7) is 7.89. The lowest BCUT2D eigenvalue weighted by Gasteiger charge is -2.29. The summed E-state index contributed by atoms with van der Waals surface area (Å²) in [6, 6.07) is 17.9. The Morgan fingerprint density at radius 2 is 1.65 bits per heavy atom. The standard InChI is InChI=1S/C35H43N9O4/c1-21-28(17-18-30(36)38-21)24-9-5-22(6-10-24)19-29(33(46)39-27-15-13-25(14-16-27)31-41-43-44-42-31)40-32(45)26-11-7-23(8-12-26)20-37-34(47)48-35(2,3)4/h5-6,9-10,13-18,23,26,29H,7-8,11-12,19-20H2,1-4H3,(H2,36,38)(H,37,47)(H,39,46)(H,40,45)(H,41,42,43,44). The van der Waals surface area contributed by atoms with Gasteiger partial charge in [0.1, 0.15) is 17.5 Å². The van der Waals surface area contributed by atoms with E-state index in [0.717, 1.165) is 40.8 Å². The predicted molar refractivity (Wildman–Crippen MR) is 182 cm³/mol. The Morgan fingerprint density at radius 1 is 0.958 bits per heavy atom. The van der Waals surface area contributed by atoms with E-state index < -0.39 is 17.7 Å². The fraction of sp³-hybridized carbons (Fsp3) is 0.400. The normalized spacial score (nSPS) is 16.8. The number of hydrogen-bond acceptors (Lipinski definition) is 9. The molecule has 13 nitrogen and oxygen atoms in total. The number of H-pyrrole nitrogens is 1. The van der Waals surface area contributed by atoms with Crippen LogP contribution in [0.25, 0.3) is 22.5 Å². The number of nitrogens with two attached hydrogens (primary N) is 1. The van der Waals surface area contributed by atoms with E-state index in [0.29, 0.717) is 43.1 Å². The highest BCUT2D eigenvalue weighted by atomic mass is 16.6. The second kappa shape index (κ2) is 15.1. The van der Waals surface area contributed by atoms with E-state index in [9.17, 15) is 14.4 Å². The molecule has 1 fully saturated rings. The van der Waals surface area contributed by atoms with Crippen molar-refractivity contribution < 1.29 is 19.1 Å². The van der Waals surface area contributed by atoms with Gasteiger partial charge in [-0.2, -0.15) is 5.21 Å². The molecular weight excluding hydrogens is 610 g/mol. The van der Waals surface area contributed by atoms with Crippen molar-refractivity contribution in [2.24, 2.45) is 11.8 Å². The second-order valence-electron chi connectivity index (χ2n) is 13.2. The number of ether oxygens (including phenoxy) is 1. The molecule has 252 valence electrons. The monoisotopic (exact) mass is 653 g/mol.